The third-order valence-corrected chi connectivity index (χ3v) is 6.02. The lowest BCUT2D eigenvalue weighted by molar-refractivity contribution is -0.192. The molecular weight excluding hydrogens is 544 g/mol. The number of nitrogens with one attached hydrogen (secondary N) is 2. The number of anilines is 2. The molecule has 4 aromatic rings. The van der Waals surface area contributed by atoms with Gasteiger partial charge in [-0.3, -0.25) is 0 Å². The first-order valence-corrected chi connectivity index (χ1v) is 12.8. The van der Waals surface area contributed by atoms with Gasteiger partial charge in [0.25, 0.3) is 0 Å². The van der Waals surface area contributed by atoms with Crippen LogP contribution in [0, 0.1) is 5.82 Å². The quantitative estimate of drug-likeness (QED) is 0.247. The number of hydrogen-bond acceptors (Lipinski definition) is 7. The minimum Gasteiger partial charge on any atom is -0.489 e. The summed E-state index contributed by atoms with van der Waals surface area (Å²) in [5, 5.41) is 13.6. The molecule has 1 unspecified atom stereocenters. The lowest BCUT2D eigenvalue weighted by Crippen LogP contribution is -2.21. The van der Waals surface area contributed by atoms with E-state index in [9.17, 15) is 17.6 Å². The summed E-state index contributed by atoms with van der Waals surface area (Å²) in [6.45, 7) is 4.56. The summed E-state index contributed by atoms with van der Waals surface area (Å²) in [6, 6.07) is 16.1. The maximum atomic E-state index is 14.6. The number of benzene rings is 2. The first-order chi connectivity index (χ1) is 19.6. The SMILES string of the molecule is CCc1cc(Nc2ncc(F)c(-c3cn(Cc4ccccc4)cn3)n2)cc(OC2CCNC2)c1.O=C(O)C(F)(F)F. The molecule has 0 bridgehead atoms. The van der Waals surface area contributed by atoms with Gasteiger partial charge in [-0.1, -0.05) is 37.3 Å². The molecule has 1 atom stereocenters. The third kappa shape index (κ3) is 8.48. The normalized spacial score (nSPS) is 14.7. The van der Waals surface area contributed by atoms with Crippen LogP contribution in [-0.2, 0) is 17.8 Å². The van der Waals surface area contributed by atoms with Crippen LogP contribution < -0.4 is 15.4 Å². The van der Waals surface area contributed by atoms with Crippen LogP contribution in [0.15, 0.2) is 67.3 Å². The minimum absolute atomic E-state index is 0.157. The summed E-state index contributed by atoms with van der Waals surface area (Å²) in [5.74, 6) is -2.17. The van der Waals surface area contributed by atoms with Gasteiger partial charge in [0.15, 0.2) is 5.82 Å². The molecule has 216 valence electrons. The number of hydrogen-bond donors (Lipinski definition) is 3. The fraction of sp³-hybridized carbons (Fsp3) is 0.286. The average molecular weight is 573 g/mol. The summed E-state index contributed by atoms with van der Waals surface area (Å²) >= 11 is 0. The topological polar surface area (TPSA) is 114 Å². The zero-order valence-electron chi connectivity index (χ0n) is 22.0. The molecule has 0 amide bonds. The Morgan fingerprint density at radius 2 is 1.93 bits per heavy atom. The van der Waals surface area contributed by atoms with E-state index in [0.29, 0.717) is 18.2 Å². The van der Waals surface area contributed by atoms with Crippen LogP contribution in [0.25, 0.3) is 11.4 Å². The van der Waals surface area contributed by atoms with Crippen LogP contribution >= 0.6 is 0 Å². The van der Waals surface area contributed by atoms with E-state index in [4.69, 9.17) is 14.6 Å². The number of carboxylic acids is 1. The maximum Gasteiger partial charge on any atom is 0.490 e. The number of ether oxygens (including phenoxy) is 1. The zero-order chi connectivity index (χ0) is 29.4. The molecule has 1 fully saturated rings. The summed E-state index contributed by atoms with van der Waals surface area (Å²) in [4.78, 5) is 21.8. The van der Waals surface area contributed by atoms with Gasteiger partial charge in [-0.15, -0.1) is 0 Å². The van der Waals surface area contributed by atoms with Crippen molar-refractivity contribution >= 4 is 17.6 Å². The van der Waals surface area contributed by atoms with Crippen molar-refractivity contribution < 1.29 is 32.2 Å². The largest absolute Gasteiger partial charge is 0.490 e. The Balaban J connectivity index is 0.000000493. The van der Waals surface area contributed by atoms with Crippen LogP contribution in [0.4, 0.5) is 29.2 Å². The van der Waals surface area contributed by atoms with Crippen molar-refractivity contribution in [3.05, 3.63) is 84.2 Å². The van der Waals surface area contributed by atoms with Crippen molar-refractivity contribution in [3.8, 4) is 17.1 Å². The monoisotopic (exact) mass is 572 g/mol. The Morgan fingerprint density at radius 1 is 1.17 bits per heavy atom. The lowest BCUT2D eigenvalue weighted by Gasteiger charge is -2.15. The van der Waals surface area contributed by atoms with Gasteiger partial charge in [0.05, 0.1) is 12.5 Å². The summed E-state index contributed by atoms with van der Waals surface area (Å²) in [5.41, 5.74) is 3.68. The molecule has 2 aromatic heterocycles. The first kappa shape index (κ1) is 29.5. The van der Waals surface area contributed by atoms with Gasteiger partial charge in [-0.05, 0) is 42.6 Å². The van der Waals surface area contributed by atoms with Crippen LogP contribution in [0.5, 0.6) is 5.75 Å². The second kappa shape index (κ2) is 13.2. The zero-order valence-corrected chi connectivity index (χ0v) is 22.0. The Kier molecular flexibility index (Phi) is 9.50. The molecule has 3 heterocycles. The number of aryl methyl sites for hydroxylation is 1. The number of halogens is 4. The smallest absolute Gasteiger partial charge is 0.489 e. The van der Waals surface area contributed by atoms with Gasteiger partial charge >= 0.3 is 12.1 Å². The Morgan fingerprint density at radius 3 is 2.59 bits per heavy atom. The van der Waals surface area contributed by atoms with E-state index >= 15 is 0 Å². The highest BCUT2D eigenvalue weighted by molar-refractivity contribution is 5.73. The van der Waals surface area contributed by atoms with E-state index in [2.05, 4.69) is 38.6 Å². The van der Waals surface area contributed by atoms with Crippen molar-refractivity contribution in [1.82, 2.24) is 24.8 Å². The van der Waals surface area contributed by atoms with Gasteiger partial charge in [0.2, 0.25) is 5.95 Å². The van der Waals surface area contributed by atoms with Crippen molar-refractivity contribution in [3.63, 3.8) is 0 Å². The molecule has 1 aliphatic rings. The van der Waals surface area contributed by atoms with Crippen molar-refractivity contribution in [2.75, 3.05) is 18.4 Å². The van der Waals surface area contributed by atoms with Crippen molar-refractivity contribution in [2.24, 2.45) is 0 Å². The predicted octanol–water partition coefficient (Wildman–Crippen LogP) is 5.21. The van der Waals surface area contributed by atoms with Gasteiger partial charge < -0.3 is 25.0 Å². The molecule has 5 rings (SSSR count). The Hall–Kier alpha value is -4.52. The second-order valence-electron chi connectivity index (χ2n) is 9.19. The molecular formula is C28H28F4N6O3. The Labute approximate surface area is 233 Å². The summed E-state index contributed by atoms with van der Waals surface area (Å²) in [7, 11) is 0. The minimum atomic E-state index is -5.08. The predicted molar refractivity (Wildman–Crippen MR) is 143 cm³/mol. The molecule has 1 saturated heterocycles. The van der Waals surface area contributed by atoms with E-state index in [1.54, 1.807) is 12.5 Å². The molecule has 0 spiro atoms. The fourth-order valence-corrected chi connectivity index (χ4v) is 4.03. The molecule has 0 radical (unpaired) electrons. The number of imidazole rings is 1. The number of aromatic nitrogens is 4. The van der Waals surface area contributed by atoms with Crippen molar-refractivity contribution in [1.29, 1.82) is 0 Å². The van der Waals surface area contributed by atoms with Crippen LogP contribution in [-0.4, -0.2) is 56.0 Å². The van der Waals surface area contributed by atoms with Crippen LogP contribution in [0.3, 0.4) is 0 Å². The number of rotatable bonds is 8. The molecule has 0 saturated carbocycles. The van der Waals surface area contributed by atoms with E-state index < -0.39 is 18.0 Å². The molecule has 13 heteroatoms. The lowest BCUT2D eigenvalue weighted by atomic mass is 10.1. The maximum absolute atomic E-state index is 14.6. The van der Waals surface area contributed by atoms with E-state index in [1.807, 2.05) is 47.0 Å². The van der Waals surface area contributed by atoms with Gasteiger partial charge in [-0.2, -0.15) is 13.2 Å². The molecule has 41 heavy (non-hydrogen) atoms. The molecule has 9 nitrogen and oxygen atoms in total. The van der Waals surface area contributed by atoms with Gasteiger partial charge in [-0.25, -0.2) is 24.1 Å². The molecule has 3 N–H and O–H groups in total. The highest BCUT2D eigenvalue weighted by atomic mass is 19.4. The van der Waals surface area contributed by atoms with Gasteiger partial charge in [0.1, 0.15) is 23.2 Å². The summed E-state index contributed by atoms with van der Waals surface area (Å²) < 4.78 is 54.4. The Bertz CT molecular complexity index is 1460. The van der Waals surface area contributed by atoms with E-state index in [0.717, 1.165) is 48.5 Å². The molecule has 1 aliphatic heterocycles. The number of aliphatic carboxylic acids is 1. The molecule has 2 aromatic carbocycles. The van der Waals surface area contributed by atoms with Crippen molar-refractivity contribution in [2.45, 2.75) is 38.6 Å². The summed E-state index contributed by atoms with van der Waals surface area (Å²) in [6.07, 6.45) is 1.58. The van der Waals surface area contributed by atoms with Gasteiger partial charge in [0, 0.05) is 31.0 Å². The van der Waals surface area contributed by atoms with E-state index in [1.165, 1.54) is 6.20 Å². The third-order valence-electron chi connectivity index (χ3n) is 6.02. The van der Waals surface area contributed by atoms with E-state index in [-0.39, 0.29) is 11.8 Å². The number of alkyl halides is 3. The first-order valence-electron chi connectivity index (χ1n) is 12.8. The number of carboxylic acid groups (broad SMARTS) is 1. The standard InChI is InChI=1S/C26H27FN6O.C2HF3O2/c1-2-18-10-20(12-22(11-18)34-21-8-9-28-13-21)31-26-29-14-23(27)25(32-26)24-16-33(17-30-24)15-19-6-4-3-5-7-19;3-2(4,5)1(6)7/h3-7,10-12,14,16-17,21,28H,2,8-9,13,15H2,1H3,(H,29,31,32);(H,6,7). The average Bonchev–Trinajstić information content (AvgIpc) is 3.62. The van der Waals surface area contributed by atoms with Crippen LogP contribution in [0.2, 0.25) is 0 Å². The number of carbonyl (C=O) groups is 1. The van der Waals surface area contributed by atoms with Crippen LogP contribution in [0.1, 0.15) is 24.5 Å². The molecule has 0 aliphatic carbocycles. The highest BCUT2D eigenvalue weighted by Crippen LogP contribution is 2.27. The fourth-order valence-electron chi connectivity index (χ4n) is 4.03. The second-order valence-corrected chi connectivity index (χ2v) is 9.19. The highest BCUT2D eigenvalue weighted by Gasteiger charge is 2.38. The number of nitrogens with zero attached hydrogens (tertiary/aromatic N) is 4.